The van der Waals surface area contributed by atoms with Gasteiger partial charge in [-0.15, -0.1) is 0 Å². The van der Waals surface area contributed by atoms with Gasteiger partial charge in [-0.05, 0) is 53.8 Å². The molecule has 0 bridgehead atoms. The van der Waals surface area contributed by atoms with Crippen molar-refractivity contribution in [2.24, 2.45) is 0 Å². The highest BCUT2D eigenvalue weighted by molar-refractivity contribution is 6.30. The topological polar surface area (TPSA) is 58.6 Å². The van der Waals surface area contributed by atoms with E-state index in [4.69, 9.17) is 16.3 Å². The number of amides is 2. The zero-order chi connectivity index (χ0) is 24.3. The third-order valence-corrected chi connectivity index (χ3v) is 5.85. The molecule has 3 rings (SSSR count). The molecule has 0 heterocycles. The minimum Gasteiger partial charge on any atom is -0.497 e. The van der Waals surface area contributed by atoms with Gasteiger partial charge in [-0.2, -0.15) is 0 Å². The lowest BCUT2D eigenvalue weighted by atomic mass is 10.0. The van der Waals surface area contributed by atoms with Crippen LogP contribution in [0.3, 0.4) is 0 Å². The van der Waals surface area contributed by atoms with Crippen molar-refractivity contribution in [1.82, 2.24) is 10.2 Å². The van der Waals surface area contributed by atoms with Crippen molar-refractivity contribution in [3.8, 4) is 5.75 Å². The van der Waals surface area contributed by atoms with Crippen LogP contribution < -0.4 is 10.1 Å². The Morgan fingerprint density at radius 2 is 1.59 bits per heavy atom. The van der Waals surface area contributed by atoms with E-state index < -0.39 is 6.04 Å². The van der Waals surface area contributed by atoms with Crippen molar-refractivity contribution in [2.45, 2.75) is 38.8 Å². The third kappa shape index (κ3) is 7.09. The molecule has 1 N–H and O–H groups in total. The van der Waals surface area contributed by atoms with Gasteiger partial charge in [-0.1, -0.05) is 73.1 Å². The summed E-state index contributed by atoms with van der Waals surface area (Å²) in [7, 11) is 1.63. The molecule has 3 aromatic carbocycles. The molecule has 34 heavy (non-hydrogen) atoms. The molecule has 6 heteroatoms. The minimum atomic E-state index is -0.730. The molecule has 0 aliphatic heterocycles. The number of benzene rings is 3. The molecule has 0 radical (unpaired) electrons. The molecular weight excluding hydrogens is 448 g/mol. The number of hydrogen-bond donors (Lipinski definition) is 1. The van der Waals surface area contributed by atoms with Crippen LogP contribution in [0.2, 0.25) is 5.02 Å². The van der Waals surface area contributed by atoms with Crippen molar-refractivity contribution in [3.05, 3.63) is 101 Å². The number of methoxy groups -OCH3 is 1. The smallest absolute Gasteiger partial charge is 0.247 e. The fourth-order valence-corrected chi connectivity index (χ4v) is 3.92. The van der Waals surface area contributed by atoms with Crippen molar-refractivity contribution in [3.63, 3.8) is 0 Å². The highest BCUT2D eigenvalue weighted by atomic mass is 35.5. The highest BCUT2D eigenvalue weighted by Crippen LogP contribution is 2.25. The first kappa shape index (κ1) is 25.3. The van der Waals surface area contributed by atoms with E-state index in [0.717, 1.165) is 22.4 Å². The Kier molecular flexibility index (Phi) is 9.53. The van der Waals surface area contributed by atoms with Gasteiger partial charge < -0.3 is 15.0 Å². The number of ether oxygens (including phenoxy) is 1. The maximum Gasteiger partial charge on any atom is 0.247 e. The van der Waals surface area contributed by atoms with Crippen molar-refractivity contribution < 1.29 is 14.3 Å². The van der Waals surface area contributed by atoms with Crippen LogP contribution in [-0.2, 0) is 22.6 Å². The number of carbonyl (C=O) groups excluding carboxylic acids is 2. The Morgan fingerprint density at radius 1 is 0.941 bits per heavy atom. The van der Waals surface area contributed by atoms with Gasteiger partial charge in [0.2, 0.25) is 11.8 Å². The number of rotatable bonds is 11. The Hall–Kier alpha value is -3.31. The second kappa shape index (κ2) is 12.8. The lowest BCUT2D eigenvalue weighted by molar-refractivity contribution is -0.141. The predicted octanol–water partition coefficient (Wildman–Crippen LogP) is 5.58. The summed E-state index contributed by atoms with van der Waals surface area (Å²) in [5, 5.41) is 3.68. The summed E-state index contributed by atoms with van der Waals surface area (Å²) in [6, 6.07) is 23.9. The number of hydrogen-bond acceptors (Lipinski definition) is 3. The van der Waals surface area contributed by atoms with E-state index in [1.54, 1.807) is 24.1 Å². The van der Waals surface area contributed by atoms with Crippen molar-refractivity contribution >= 4 is 23.4 Å². The van der Waals surface area contributed by atoms with Gasteiger partial charge in [0.1, 0.15) is 11.8 Å². The molecule has 0 saturated carbocycles. The van der Waals surface area contributed by atoms with Crippen LogP contribution >= 0.6 is 11.6 Å². The molecule has 3 aromatic rings. The molecule has 0 aliphatic rings. The van der Waals surface area contributed by atoms with Crippen LogP contribution in [0.15, 0.2) is 78.9 Å². The fraction of sp³-hybridized carbons (Fsp3) is 0.286. The first-order valence-corrected chi connectivity index (χ1v) is 11.9. The summed E-state index contributed by atoms with van der Waals surface area (Å²) < 4.78 is 5.20. The summed E-state index contributed by atoms with van der Waals surface area (Å²) >= 11 is 6.04. The number of nitrogens with zero attached hydrogens (tertiary/aromatic N) is 1. The maximum atomic E-state index is 13.5. The van der Waals surface area contributed by atoms with Gasteiger partial charge in [0.15, 0.2) is 0 Å². The Bertz CT molecular complexity index is 1050. The minimum absolute atomic E-state index is 0.0587. The molecule has 5 nitrogen and oxygen atoms in total. The van der Waals surface area contributed by atoms with Crippen LogP contribution in [0.5, 0.6) is 5.75 Å². The molecule has 1 atom stereocenters. The zero-order valence-electron chi connectivity index (χ0n) is 19.7. The van der Waals surface area contributed by atoms with Gasteiger partial charge in [-0.3, -0.25) is 9.59 Å². The molecular formula is C28H31ClN2O3. The lowest BCUT2D eigenvalue weighted by Gasteiger charge is -2.31. The first-order chi connectivity index (χ1) is 16.5. The average molecular weight is 479 g/mol. The monoisotopic (exact) mass is 478 g/mol. The average Bonchev–Trinajstić information content (AvgIpc) is 2.86. The van der Waals surface area contributed by atoms with E-state index >= 15 is 0 Å². The van der Waals surface area contributed by atoms with E-state index in [0.29, 0.717) is 37.4 Å². The lowest BCUT2D eigenvalue weighted by Crippen LogP contribution is -2.43. The second-order valence-electron chi connectivity index (χ2n) is 8.10. The summed E-state index contributed by atoms with van der Waals surface area (Å²) in [5.74, 6) is 0.541. The maximum absolute atomic E-state index is 13.5. The van der Waals surface area contributed by atoms with Crippen molar-refractivity contribution in [2.75, 3.05) is 13.7 Å². The Labute approximate surface area is 206 Å². The molecule has 0 fully saturated rings. The number of carbonyl (C=O) groups is 2. The standard InChI is InChI=1S/C28H31ClN2O3/c1-3-7-26(32)31(20-22-10-14-24(29)15-11-22)27(23-8-5-4-6-9-23)28(33)30-19-18-21-12-16-25(34-2)17-13-21/h4-6,8-17,27H,3,7,18-20H2,1-2H3,(H,30,33)/t27-/m1/s1. The van der Waals surface area contributed by atoms with Crippen LogP contribution in [0.25, 0.3) is 0 Å². The van der Waals surface area contributed by atoms with Crippen LogP contribution in [0.1, 0.15) is 42.5 Å². The molecule has 0 aromatic heterocycles. The quantitative estimate of drug-likeness (QED) is 0.391. The van der Waals surface area contributed by atoms with Gasteiger partial charge in [0.25, 0.3) is 0 Å². The van der Waals surface area contributed by atoms with Gasteiger partial charge >= 0.3 is 0 Å². The van der Waals surface area contributed by atoms with Gasteiger partial charge in [-0.25, -0.2) is 0 Å². The summed E-state index contributed by atoms with van der Waals surface area (Å²) in [4.78, 5) is 28.4. The second-order valence-corrected chi connectivity index (χ2v) is 8.54. The molecule has 0 unspecified atom stereocenters. The van der Waals surface area contributed by atoms with E-state index in [-0.39, 0.29) is 11.8 Å². The summed E-state index contributed by atoms with van der Waals surface area (Å²) in [6.45, 7) is 2.75. The molecule has 0 aliphatic carbocycles. The molecule has 178 valence electrons. The molecule has 0 saturated heterocycles. The van der Waals surface area contributed by atoms with Crippen LogP contribution in [0.4, 0.5) is 0 Å². The Morgan fingerprint density at radius 3 is 2.21 bits per heavy atom. The fourth-order valence-electron chi connectivity index (χ4n) is 3.79. The van der Waals surface area contributed by atoms with E-state index in [1.165, 1.54) is 0 Å². The Balaban J connectivity index is 1.81. The first-order valence-electron chi connectivity index (χ1n) is 11.5. The number of nitrogens with one attached hydrogen (secondary N) is 1. The summed E-state index contributed by atoms with van der Waals surface area (Å²) in [6.07, 6.45) is 1.75. The highest BCUT2D eigenvalue weighted by Gasteiger charge is 2.30. The van der Waals surface area contributed by atoms with Crippen molar-refractivity contribution in [1.29, 1.82) is 0 Å². The van der Waals surface area contributed by atoms with E-state index in [2.05, 4.69) is 5.32 Å². The van der Waals surface area contributed by atoms with Gasteiger partial charge in [0, 0.05) is 24.5 Å². The van der Waals surface area contributed by atoms with Crippen LogP contribution in [-0.4, -0.2) is 30.4 Å². The third-order valence-electron chi connectivity index (χ3n) is 5.60. The number of halogens is 1. The predicted molar refractivity (Wildman–Crippen MR) is 136 cm³/mol. The zero-order valence-corrected chi connectivity index (χ0v) is 20.4. The molecule has 0 spiro atoms. The normalized spacial score (nSPS) is 11.5. The van der Waals surface area contributed by atoms with E-state index in [1.807, 2.05) is 73.7 Å². The molecule has 2 amide bonds. The van der Waals surface area contributed by atoms with Gasteiger partial charge in [0.05, 0.1) is 7.11 Å². The van der Waals surface area contributed by atoms with Crippen LogP contribution in [0, 0.1) is 0 Å². The van der Waals surface area contributed by atoms with E-state index in [9.17, 15) is 9.59 Å². The summed E-state index contributed by atoms with van der Waals surface area (Å²) in [5.41, 5.74) is 2.79. The SMILES string of the molecule is CCCC(=O)N(Cc1ccc(Cl)cc1)[C@@H](C(=O)NCCc1ccc(OC)cc1)c1ccccc1. The largest absolute Gasteiger partial charge is 0.497 e.